The summed E-state index contributed by atoms with van der Waals surface area (Å²) in [4.78, 5) is 28.7. The van der Waals surface area contributed by atoms with Gasteiger partial charge in [0, 0.05) is 11.6 Å². The molecule has 5 aromatic rings. The fourth-order valence-electron chi connectivity index (χ4n) is 4.50. The molecule has 0 aliphatic rings. The maximum Gasteiger partial charge on any atom is 0.416 e. The van der Waals surface area contributed by atoms with E-state index in [4.69, 9.17) is 4.74 Å². The molecule has 36 heavy (non-hydrogen) atoms. The number of carbonyl (C=O) groups is 1. The molecule has 0 atom stereocenters. The molecule has 0 aliphatic heterocycles. The fourth-order valence-corrected chi connectivity index (χ4v) is 5.03. The average Bonchev–Trinajstić information content (AvgIpc) is 3.20. The lowest BCUT2D eigenvalue weighted by Gasteiger charge is -2.15. The summed E-state index contributed by atoms with van der Waals surface area (Å²) in [6.45, 7) is 0. The van der Waals surface area contributed by atoms with Gasteiger partial charge in [0.15, 0.2) is 5.69 Å². The Kier molecular flexibility index (Phi) is 5.96. The van der Waals surface area contributed by atoms with Crippen molar-refractivity contribution >= 4 is 38.3 Å². The number of halogens is 4. The highest BCUT2D eigenvalue weighted by Gasteiger charge is 2.31. The molecule has 9 heteroatoms. The number of alkyl halides is 3. The second kappa shape index (κ2) is 8.98. The van der Waals surface area contributed by atoms with E-state index in [9.17, 15) is 22.8 Å². The number of hydrogen-bond donors (Lipinski definition) is 1. The molecule has 5 rings (SSSR count). The number of ether oxygens (including phenoxy) is 1. The van der Waals surface area contributed by atoms with Crippen molar-refractivity contribution in [2.24, 2.45) is 0 Å². The molecule has 2 aromatic heterocycles. The Morgan fingerprint density at radius 3 is 2.47 bits per heavy atom. The van der Waals surface area contributed by atoms with Crippen LogP contribution >= 0.6 is 15.9 Å². The zero-order valence-electron chi connectivity index (χ0n) is 18.8. The molecule has 0 radical (unpaired) electrons. The summed E-state index contributed by atoms with van der Waals surface area (Å²) in [5.74, 6) is -0.771. The first-order chi connectivity index (χ1) is 17.2. The molecule has 0 saturated carbocycles. The summed E-state index contributed by atoms with van der Waals surface area (Å²) in [5.41, 5.74) is 0.821. The van der Waals surface area contributed by atoms with Crippen LogP contribution in [0, 0.1) is 0 Å². The van der Waals surface area contributed by atoms with E-state index in [1.54, 1.807) is 6.07 Å². The van der Waals surface area contributed by atoms with E-state index in [1.165, 1.54) is 19.2 Å². The number of imidazole rings is 1. The minimum absolute atomic E-state index is 0.0811. The van der Waals surface area contributed by atoms with Gasteiger partial charge in [-0.15, -0.1) is 0 Å². The van der Waals surface area contributed by atoms with Crippen molar-refractivity contribution in [1.82, 2.24) is 9.38 Å². The van der Waals surface area contributed by atoms with Crippen LogP contribution in [-0.2, 0) is 17.3 Å². The van der Waals surface area contributed by atoms with Crippen LogP contribution in [0.4, 0.5) is 13.2 Å². The van der Waals surface area contributed by atoms with E-state index in [2.05, 4.69) is 20.9 Å². The molecule has 182 valence electrons. The van der Waals surface area contributed by atoms with Crippen LogP contribution in [0.15, 0.2) is 82.2 Å². The van der Waals surface area contributed by atoms with Gasteiger partial charge in [0.1, 0.15) is 10.3 Å². The number of fused-ring (bicyclic) bond motifs is 2. The summed E-state index contributed by atoms with van der Waals surface area (Å²) < 4.78 is 46.8. The van der Waals surface area contributed by atoms with Gasteiger partial charge in [-0.05, 0) is 61.9 Å². The third-order valence-electron chi connectivity index (χ3n) is 6.08. The molecule has 0 spiro atoms. The normalized spacial score (nSPS) is 11.8. The zero-order valence-corrected chi connectivity index (χ0v) is 20.4. The Hall–Kier alpha value is -3.85. The lowest BCUT2D eigenvalue weighted by molar-refractivity contribution is -0.137. The highest BCUT2D eigenvalue weighted by atomic mass is 79.9. The quantitative estimate of drug-likeness (QED) is 0.254. The highest BCUT2D eigenvalue weighted by molar-refractivity contribution is 9.10. The summed E-state index contributed by atoms with van der Waals surface area (Å²) >= 11 is 3.27. The zero-order chi connectivity index (χ0) is 25.6. The Balaban J connectivity index is 1.83. The van der Waals surface area contributed by atoms with E-state index in [0.29, 0.717) is 11.1 Å². The smallest absolute Gasteiger partial charge is 0.416 e. The molecular weight excluding hydrogens is 537 g/mol. The molecule has 0 aliphatic carbocycles. The van der Waals surface area contributed by atoms with Gasteiger partial charge in [-0.2, -0.15) is 13.2 Å². The molecule has 0 fully saturated rings. The number of nitrogens with one attached hydrogen (secondary N) is 1. The van der Waals surface area contributed by atoms with Crippen molar-refractivity contribution in [3.8, 4) is 11.1 Å². The predicted molar refractivity (Wildman–Crippen MR) is 134 cm³/mol. The Bertz CT molecular complexity index is 1700. The topological polar surface area (TPSA) is 63.6 Å². The number of rotatable bonds is 4. The van der Waals surface area contributed by atoms with E-state index in [0.717, 1.165) is 32.9 Å². The molecule has 1 N–H and O–H groups in total. The van der Waals surface area contributed by atoms with Crippen LogP contribution in [0.25, 0.3) is 27.5 Å². The summed E-state index contributed by atoms with van der Waals surface area (Å²) in [6.07, 6.45) is -4.27. The van der Waals surface area contributed by atoms with Crippen molar-refractivity contribution in [3.05, 3.63) is 110 Å². The Morgan fingerprint density at radius 2 is 1.72 bits per heavy atom. The molecule has 0 amide bonds. The maximum atomic E-state index is 13.6. The minimum Gasteiger partial charge on any atom is -0.464 e. The largest absolute Gasteiger partial charge is 0.464 e. The second-order valence-corrected chi connectivity index (χ2v) is 9.03. The SMILES string of the molecule is COC(=O)c1c(Br)[nH]c2c(-c3cccc(C(F)(F)F)c3)c(Cc3cccc4ccccc34)cc(=O)n12. The van der Waals surface area contributed by atoms with Crippen LogP contribution in [0.2, 0.25) is 0 Å². The van der Waals surface area contributed by atoms with Gasteiger partial charge in [-0.1, -0.05) is 54.6 Å². The lowest BCUT2D eigenvalue weighted by Crippen LogP contribution is -2.19. The standard InChI is InChI=1S/C27H18BrF3N2O3/c1-36-26(35)23-24(28)32-25-22(17-9-5-10-19(13-17)27(29,30)31)18(14-21(34)33(23)25)12-16-8-4-7-15-6-2-3-11-20(15)16/h2-11,13-14,32H,12H2,1H3. The first kappa shape index (κ1) is 23.9. The molecule has 0 saturated heterocycles. The fraction of sp³-hybridized carbons (Fsp3) is 0.111. The van der Waals surface area contributed by atoms with Gasteiger partial charge >= 0.3 is 12.1 Å². The number of methoxy groups -OCH3 is 1. The number of benzene rings is 3. The van der Waals surface area contributed by atoms with E-state index in [-0.39, 0.29) is 27.9 Å². The second-order valence-electron chi connectivity index (χ2n) is 8.24. The third-order valence-corrected chi connectivity index (χ3v) is 6.65. The van der Waals surface area contributed by atoms with Crippen molar-refractivity contribution < 1.29 is 22.7 Å². The number of carbonyl (C=O) groups excluding carboxylic acids is 1. The van der Waals surface area contributed by atoms with E-state index < -0.39 is 23.3 Å². The average molecular weight is 555 g/mol. The summed E-state index contributed by atoms with van der Waals surface area (Å²) in [6, 6.07) is 19.8. The van der Waals surface area contributed by atoms with Gasteiger partial charge in [0.2, 0.25) is 0 Å². The van der Waals surface area contributed by atoms with E-state index in [1.807, 2.05) is 42.5 Å². The van der Waals surface area contributed by atoms with Crippen LogP contribution in [0.5, 0.6) is 0 Å². The van der Waals surface area contributed by atoms with Gasteiger partial charge in [0.25, 0.3) is 5.56 Å². The monoisotopic (exact) mass is 554 g/mol. The Morgan fingerprint density at radius 1 is 1.00 bits per heavy atom. The molecule has 0 unspecified atom stereocenters. The number of pyridine rings is 1. The van der Waals surface area contributed by atoms with Crippen molar-refractivity contribution in [2.45, 2.75) is 12.6 Å². The van der Waals surface area contributed by atoms with Gasteiger partial charge in [-0.25, -0.2) is 4.79 Å². The van der Waals surface area contributed by atoms with Crippen molar-refractivity contribution in [3.63, 3.8) is 0 Å². The van der Waals surface area contributed by atoms with Crippen molar-refractivity contribution in [1.29, 1.82) is 0 Å². The minimum atomic E-state index is -4.55. The van der Waals surface area contributed by atoms with Crippen LogP contribution in [-0.4, -0.2) is 22.5 Å². The van der Waals surface area contributed by atoms with E-state index >= 15 is 0 Å². The molecule has 3 aromatic carbocycles. The first-order valence-corrected chi connectivity index (χ1v) is 11.7. The van der Waals surface area contributed by atoms with Crippen LogP contribution < -0.4 is 5.56 Å². The lowest BCUT2D eigenvalue weighted by atomic mass is 9.93. The number of aromatic amines is 1. The summed E-state index contributed by atoms with van der Waals surface area (Å²) in [5, 5.41) is 1.97. The number of H-pyrrole nitrogens is 1. The highest BCUT2D eigenvalue weighted by Crippen LogP contribution is 2.36. The van der Waals surface area contributed by atoms with Crippen LogP contribution in [0.3, 0.4) is 0 Å². The van der Waals surface area contributed by atoms with Gasteiger partial charge in [0.05, 0.1) is 12.7 Å². The number of aromatic nitrogens is 2. The summed E-state index contributed by atoms with van der Waals surface area (Å²) in [7, 11) is 1.18. The number of esters is 1. The van der Waals surface area contributed by atoms with Crippen LogP contribution in [0.1, 0.15) is 27.2 Å². The molecule has 0 bridgehead atoms. The number of hydrogen-bond acceptors (Lipinski definition) is 3. The van der Waals surface area contributed by atoms with Gasteiger partial charge in [-0.3, -0.25) is 9.20 Å². The third kappa shape index (κ3) is 4.09. The molecule has 5 nitrogen and oxygen atoms in total. The van der Waals surface area contributed by atoms with Crippen molar-refractivity contribution in [2.75, 3.05) is 7.11 Å². The van der Waals surface area contributed by atoms with Gasteiger partial charge < -0.3 is 9.72 Å². The first-order valence-electron chi connectivity index (χ1n) is 10.9. The maximum absolute atomic E-state index is 13.6. The predicted octanol–water partition coefficient (Wildman–Crippen LogP) is 6.61. The Labute approximate surface area is 211 Å². The molecular formula is C27H18BrF3N2O3. The number of nitrogens with zero attached hydrogens (tertiary/aromatic N) is 1. The molecule has 2 heterocycles.